The van der Waals surface area contributed by atoms with Gasteiger partial charge >= 0.3 is 0 Å². The number of ether oxygens (including phenoxy) is 1. The first-order valence-corrected chi connectivity index (χ1v) is 9.29. The molecule has 2 amide bonds. The summed E-state index contributed by atoms with van der Waals surface area (Å²) in [6.07, 6.45) is 2.61. The van der Waals surface area contributed by atoms with E-state index in [0.29, 0.717) is 16.9 Å². The van der Waals surface area contributed by atoms with Crippen molar-refractivity contribution in [1.82, 2.24) is 10.9 Å². The SMILES string of the molecule is N#Cc1ccc(-c2ccc(OCC(=O)NNC(=O)C=Cc3cccc(F)c3)cc2)cc1. The quantitative estimate of drug-likeness (QED) is 0.475. The molecule has 154 valence electrons. The molecule has 3 aromatic carbocycles. The number of halogens is 1. The van der Waals surface area contributed by atoms with E-state index in [9.17, 15) is 14.0 Å². The van der Waals surface area contributed by atoms with Crippen molar-refractivity contribution in [3.8, 4) is 22.9 Å². The van der Waals surface area contributed by atoms with Gasteiger partial charge in [0, 0.05) is 6.08 Å². The standard InChI is InChI=1S/C24H18FN3O3/c25-21-3-1-2-17(14-21)6-13-23(29)27-28-24(30)16-31-22-11-9-20(10-12-22)19-7-4-18(15-26)5-8-19/h1-14H,16H2,(H,27,29)(H,28,30). The molecule has 0 saturated carbocycles. The Kier molecular flexibility index (Phi) is 7.12. The third-order valence-electron chi connectivity index (χ3n) is 4.17. The Hall–Kier alpha value is -4.44. The first kappa shape index (κ1) is 21.3. The molecule has 0 heterocycles. The molecule has 0 unspecified atom stereocenters. The van der Waals surface area contributed by atoms with Gasteiger partial charge in [-0.15, -0.1) is 0 Å². The summed E-state index contributed by atoms with van der Waals surface area (Å²) in [7, 11) is 0. The van der Waals surface area contributed by atoms with Crippen LogP contribution in [0.5, 0.6) is 5.75 Å². The summed E-state index contributed by atoms with van der Waals surface area (Å²) in [5.74, 6) is -1.02. The molecule has 6 nitrogen and oxygen atoms in total. The number of carbonyl (C=O) groups is 2. The lowest BCUT2D eigenvalue weighted by molar-refractivity contribution is -0.128. The maximum atomic E-state index is 13.1. The number of nitrogens with zero attached hydrogens (tertiary/aromatic N) is 1. The minimum atomic E-state index is -0.565. The molecule has 0 fully saturated rings. The van der Waals surface area contributed by atoms with Gasteiger partial charge in [0.2, 0.25) is 0 Å². The van der Waals surface area contributed by atoms with Gasteiger partial charge in [-0.1, -0.05) is 36.4 Å². The zero-order chi connectivity index (χ0) is 22.1. The molecule has 0 aliphatic heterocycles. The lowest BCUT2D eigenvalue weighted by atomic mass is 10.0. The second kappa shape index (κ2) is 10.4. The molecule has 7 heteroatoms. The number of nitriles is 1. The Labute approximate surface area is 178 Å². The number of benzene rings is 3. The van der Waals surface area contributed by atoms with E-state index < -0.39 is 17.6 Å². The van der Waals surface area contributed by atoms with Crippen LogP contribution in [-0.2, 0) is 9.59 Å². The number of amides is 2. The van der Waals surface area contributed by atoms with Crippen molar-refractivity contribution >= 4 is 17.9 Å². The Morgan fingerprint density at radius 3 is 2.29 bits per heavy atom. The monoisotopic (exact) mass is 415 g/mol. The third-order valence-corrected chi connectivity index (χ3v) is 4.17. The molecule has 3 rings (SSSR count). The van der Waals surface area contributed by atoms with Crippen molar-refractivity contribution in [3.05, 3.63) is 95.8 Å². The summed E-state index contributed by atoms with van der Waals surface area (Å²) in [5, 5.41) is 8.85. The number of hydrazine groups is 1. The van der Waals surface area contributed by atoms with Gasteiger partial charge < -0.3 is 4.74 Å². The van der Waals surface area contributed by atoms with E-state index in [1.165, 1.54) is 30.4 Å². The Balaban J connectivity index is 1.43. The van der Waals surface area contributed by atoms with Gasteiger partial charge in [-0.3, -0.25) is 20.4 Å². The number of hydrogen-bond donors (Lipinski definition) is 2. The molecule has 31 heavy (non-hydrogen) atoms. The summed E-state index contributed by atoms with van der Waals surface area (Å²) in [6.45, 7) is -0.288. The van der Waals surface area contributed by atoms with Crippen LogP contribution in [0.15, 0.2) is 78.9 Å². The first-order valence-electron chi connectivity index (χ1n) is 9.29. The highest BCUT2D eigenvalue weighted by Crippen LogP contribution is 2.22. The molecule has 0 radical (unpaired) electrons. The topological polar surface area (TPSA) is 91.2 Å². The molecule has 0 aliphatic rings. The van der Waals surface area contributed by atoms with Crippen molar-refractivity contribution in [1.29, 1.82) is 5.26 Å². The molecule has 3 aromatic rings. The van der Waals surface area contributed by atoms with E-state index in [4.69, 9.17) is 10.00 Å². The van der Waals surface area contributed by atoms with Gasteiger partial charge in [-0.05, 0) is 59.2 Å². The van der Waals surface area contributed by atoms with Crippen molar-refractivity contribution in [3.63, 3.8) is 0 Å². The Morgan fingerprint density at radius 1 is 0.968 bits per heavy atom. The molecule has 0 aromatic heterocycles. The summed E-state index contributed by atoms with van der Waals surface area (Å²) < 4.78 is 18.5. The second-order valence-electron chi connectivity index (χ2n) is 6.43. The summed E-state index contributed by atoms with van der Waals surface area (Å²) >= 11 is 0. The van der Waals surface area contributed by atoms with Crippen LogP contribution in [0.3, 0.4) is 0 Å². The largest absolute Gasteiger partial charge is 0.484 e. The summed E-state index contributed by atoms with van der Waals surface area (Å²) in [6, 6.07) is 22.2. The van der Waals surface area contributed by atoms with Crippen LogP contribution >= 0.6 is 0 Å². The van der Waals surface area contributed by atoms with E-state index >= 15 is 0 Å². The fourth-order valence-electron chi connectivity index (χ4n) is 2.62. The number of rotatable bonds is 6. The van der Waals surface area contributed by atoms with E-state index in [2.05, 4.69) is 16.9 Å². The summed E-state index contributed by atoms with van der Waals surface area (Å²) in [4.78, 5) is 23.6. The van der Waals surface area contributed by atoms with E-state index in [1.807, 2.05) is 24.3 Å². The van der Waals surface area contributed by atoms with Crippen LogP contribution in [0, 0.1) is 17.1 Å². The number of carbonyl (C=O) groups excluding carboxylic acids is 2. The predicted molar refractivity (Wildman–Crippen MR) is 114 cm³/mol. The van der Waals surface area contributed by atoms with Crippen LogP contribution < -0.4 is 15.6 Å². The number of nitrogens with one attached hydrogen (secondary N) is 2. The van der Waals surface area contributed by atoms with E-state index in [1.54, 1.807) is 30.3 Å². The molecular weight excluding hydrogens is 397 g/mol. The van der Waals surface area contributed by atoms with Gasteiger partial charge in [0.15, 0.2) is 6.61 Å². The van der Waals surface area contributed by atoms with Crippen LogP contribution in [0.1, 0.15) is 11.1 Å². The summed E-state index contributed by atoms with van der Waals surface area (Å²) in [5.41, 5.74) is 7.47. The molecule has 0 saturated heterocycles. The average Bonchev–Trinajstić information content (AvgIpc) is 2.80. The Bertz CT molecular complexity index is 1130. The fraction of sp³-hybridized carbons (Fsp3) is 0.0417. The lowest BCUT2D eigenvalue weighted by Crippen LogP contribution is -2.43. The average molecular weight is 415 g/mol. The minimum Gasteiger partial charge on any atom is -0.484 e. The first-order chi connectivity index (χ1) is 15.0. The highest BCUT2D eigenvalue weighted by Gasteiger charge is 2.05. The van der Waals surface area contributed by atoms with Crippen molar-refractivity contribution in [2.45, 2.75) is 0 Å². The molecule has 0 spiro atoms. The van der Waals surface area contributed by atoms with Crippen LogP contribution in [0.2, 0.25) is 0 Å². The van der Waals surface area contributed by atoms with Gasteiger partial charge in [0.25, 0.3) is 11.8 Å². The van der Waals surface area contributed by atoms with Crippen LogP contribution in [0.4, 0.5) is 4.39 Å². The molecule has 0 bridgehead atoms. The second-order valence-corrected chi connectivity index (χ2v) is 6.43. The zero-order valence-corrected chi connectivity index (χ0v) is 16.3. The smallest absolute Gasteiger partial charge is 0.276 e. The van der Waals surface area contributed by atoms with Gasteiger partial charge in [0.1, 0.15) is 11.6 Å². The van der Waals surface area contributed by atoms with Crippen molar-refractivity contribution < 1.29 is 18.7 Å². The minimum absolute atomic E-state index is 0.288. The van der Waals surface area contributed by atoms with E-state index in [-0.39, 0.29) is 6.61 Å². The van der Waals surface area contributed by atoms with E-state index in [0.717, 1.165) is 11.1 Å². The molecule has 2 N–H and O–H groups in total. The fourth-order valence-corrected chi connectivity index (χ4v) is 2.62. The van der Waals surface area contributed by atoms with Gasteiger partial charge in [-0.2, -0.15) is 5.26 Å². The highest BCUT2D eigenvalue weighted by atomic mass is 19.1. The van der Waals surface area contributed by atoms with Gasteiger partial charge in [-0.25, -0.2) is 4.39 Å². The van der Waals surface area contributed by atoms with Gasteiger partial charge in [0.05, 0.1) is 11.6 Å². The maximum absolute atomic E-state index is 13.1. The Morgan fingerprint density at radius 2 is 1.65 bits per heavy atom. The van der Waals surface area contributed by atoms with Crippen molar-refractivity contribution in [2.24, 2.45) is 0 Å². The lowest BCUT2D eigenvalue weighted by Gasteiger charge is -2.08. The number of hydrogen-bond acceptors (Lipinski definition) is 4. The van der Waals surface area contributed by atoms with Crippen LogP contribution in [0.25, 0.3) is 17.2 Å². The molecule has 0 aliphatic carbocycles. The molecular formula is C24H18FN3O3. The maximum Gasteiger partial charge on any atom is 0.276 e. The van der Waals surface area contributed by atoms with Crippen molar-refractivity contribution in [2.75, 3.05) is 6.61 Å². The van der Waals surface area contributed by atoms with Crippen LogP contribution in [-0.4, -0.2) is 18.4 Å². The predicted octanol–water partition coefficient (Wildman–Crippen LogP) is 3.60. The normalized spacial score (nSPS) is 10.3. The molecule has 0 atom stereocenters. The zero-order valence-electron chi connectivity index (χ0n) is 16.3. The highest BCUT2D eigenvalue weighted by molar-refractivity contribution is 5.93. The third kappa shape index (κ3) is 6.54.